The van der Waals surface area contributed by atoms with Gasteiger partial charge in [0.25, 0.3) is 0 Å². The van der Waals surface area contributed by atoms with E-state index < -0.39 is 0 Å². The number of aromatic hydroxyl groups is 1. The number of rotatable bonds is 4. The van der Waals surface area contributed by atoms with Crippen LogP contribution in [0.4, 0.5) is 4.79 Å². The molecule has 1 unspecified atom stereocenters. The summed E-state index contributed by atoms with van der Waals surface area (Å²) in [6.07, 6.45) is 1.64. The number of benzene rings is 1. The first kappa shape index (κ1) is 15.4. The number of phenols is 1. The van der Waals surface area contributed by atoms with E-state index in [0.717, 1.165) is 15.7 Å². The van der Waals surface area contributed by atoms with Crippen LogP contribution >= 0.6 is 15.9 Å². The van der Waals surface area contributed by atoms with Crippen LogP contribution in [0.15, 0.2) is 34.9 Å². The lowest BCUT2D eigenvalue weighted by atomic mass is 10.1. The Bertz CT molecular complexity index is 629. The van der Waals surface area contributed by atoms with E-state index in [9.17, 15) is 9.90 Å². The van der Waals surface area contributed by atoms with Gasteiger partial charge in [-0.25, -0.2) is 4.79 Å². The molecule has 21 heavy (non-hydrogen) atoms. The van der Waals surface area contributed by atoms with Gasteiger partial charge in [0, 0.05) is 7.05 Å². The predicted molar refractivity (Wildman–Crippen MR) is 82.8 cm³/mol. The number of nitrogens with zero attached hydrogens (tertiary/aromatic N) is 2. The molecule has 0 radical (unpaired) electrons. The van der Waals surface area contributed by atoms with Gasteiger partial charge in [0.1, 0.15) is 5.75 Å². The van der Waals surface area contributed by atoms with Crippen molar-refractivity contribution in [1.82, 2.24) is 20.4 Å². The lowest BCUT2D eigenvalue weighted by molar-refractivity contribution is 0.193. The molecule has 0 aliphatic carbocycles. The molecule has 1 heterocycles. The number of H-pyrrole nitrogens is 1. The van der Waals surface area contributed by atoms with Crippen LogP contribution in [-0.2, 0) is 6.54 Å². The van der Waals surface area contributed by atoms with E-state index in [-0.39, 0.29) is 17.8 Å². The average Bonchev–Trinajstić information content (AvgIpc) is 2.88. The van der Waals surface area contributed by atoms with Gasteiger partial charge in [-0.2, -0.15) is 5.10 Å². The van der Waals surface area contributed by atoms with Crippen LogP contribution in [0, 0.1) is 0 Å². The highest BCUT2D eigenvalue weighted by molar-refractivity contribution is 9.10. The van der Waals surface area contributed by atoms with Gasteiger partial charge in [-0.05, 0) is 40.5 Å². The van der Waals surface area contributed by atoms with Crippen LogP contribution in [0.2, 0.25) is 0 Å². The second-order valence-electron chi connectivity index (χ2n) is 4.74. The van der Waals surface area contributed by atoms with Crippen molar-refractivity contribution in [2.45, 2.75) is 19.5 Å². The minimum absolute atomic E-state index is 0.151. The zero-order valence-electron chi connectivity index (χ0n) is 11.8. The van der Waals surface area contributed by atoms with Crippen molar-refractivity contribution in [3.8, 4) is 5.75 Å². The van der Waals surface area contributed by atoms with Gasteiger partial charge in [0.2, 0.25) is 0 Å². The summed E-state index contributed by atoms with van der Waals surface area (Å²) >= 11 is 3.34. The fourth-order valence-corrected chi connectivity index (χ4v) is 2.23. The van der Waals surface area contributed by atoms with Crippen LogP contribution in [0.5, 0.6) is 5.75 Å². The van der Waals surface area contributed by atoms with E-state index in [0.29, 0.717) is 6.54 Å². The van der Waals surface area contributed by atoms with E-state index >= 15 is 0 Å². The first-order chi connectivity index (χ1) is 9.99. The Hall–Kier alpha value is -2.02. The molecule has 1 aromatic heterocycles. The zero-order valence-corrected chi connectivity index (χ0v) is 13.4. The number of aromatic nitrogens is 2. The third-order valence-electron chi connectivity index (χ3n) is 3.34. The first-order valence-corrected chi connectivity index (χ1v) is 7.25. The Morgan fingerprint density at radius 1 is 1.57 bits per heavy atom. The highest BCUT2D eigenvalue weighted by Gasteiger charge is 2.17. The van der Waals surface area contributed by atoms with Crippen molar-refractivity contribution in [2.24, 2.45) is 0 Å². The maximum atomic E-state index is 12.2. The van der Waals surface area contributed by atoms with Crippen LogP contribution in [0.1, 0.15) is 24.2 Å². The number of phenolic OH excluding ortho intramolecular Hbond substituents is 1. The molecule has 112 valence electrons. The molecule has 2 aromatic rings. The van der Waals surface area contributed by atoms with E-state index in [1.165, 1.54) is 0 Å². The van der Waals surface area contributed by atoms with Gasteiger partial charge in [0.05, 0.1) is 29.0 Å². The lowest BCUT2D eigenvalue weighted by Gasteiger charge is -2.25. The quantitative estimate of drug-likeness (QED) is 0.791. The monoisotopic (exact) mass is 352 g/mol. The summed E-state index contributed by atoms with van der Waals surface area (Å²) in [6, 6.07) is 6.54. The summed E-state index contributed by atoms with van der Waals surface area (Å²) in [5, 5.41) is 19.0. The predicted octanol–water partition coefficient (Wildman–Crippen LogP) is 2.78. The summed E-state index contributed by atoms with van der Waals surface area (Å²) in [5.74, 6) is 0.189. The maximum Gasteiger partial charge on any atom is 0.317 e. The van der Waals surface area contributed by atoms with Crippen molar-refractivity contribution in [1.29, 1.82) is 0 Å². The molecule has 0 spiro atoms. The molecule has 0 fully saturated rings. The van der Waals surface area contributed by atoms with Gasteiger partial charge in [0.15, 0.2) is 0 Å². The molecule has 0 aliphatic heterocycles. The normalized spacial score (nSPS) is 12.0. The molecule has 1 atom stereocenters. The molecule has 3 N–H and O–H groups in total. The molecular weight excluding hydrogens is 336 g/mol. The second-order valence-corrected chi connectivity index (χ2v) is 5.59. The third kappa shape index (κ3) is 3.75. The standard InChI is InChI=1S/C14H17BrN4O2/c1-9(10-4-3-5-11(20)6-10)19(2)14(21)16-8-13-12(15)7-17-18-13/h3-7,9,20H,8H2,1-2H3,(H,16,21)(H,17,18). The van der Waals surface area contributed by atoms with Crippen molar-refractivity contribution >= 4 is 22.0 Å². The summed E-state index contributed by atoms with van der Waals surface area (Å²) in [4.78, 5) is 13.7. The topological polar surface area (TPSA) is 81.2 Å². The van der Waals surface area contributed by atoms with E-state index in [1.54, 1.807) is 36.3 Å². The number of hydrogen-bond donors (Lipinski definition) is 3. The van der Waals surface area contributed by atoms with Crippen molar-refractivity contribution in [2.75, 3.05) is 7.05 Å². The smallest absolute Gasteiger partial charge is 0.317 e. The largest absolute Gasteiger partial charge is 0.508 e. The Balaban J connectivity index is 1.97. The number of halogens is 1. The third-order valence-corrected chi connectivity index (χ3v) is 4.02. The van der Waals surface area contributed by atoms with Crippen LogP contribution < -0.4 is 5.32 Å². The molecule has 0 bridgehead atoms. The number of amides is 2. The Morgan fingerprint density at radius 2 is 2.33 bits per heavy atom. The number of nitrogens with one attached hydrogen (secondary N) is 2. The van der Waals surface area contributed by atoms with E-state index in [1.807, 2.05) is 13.0 Å². The minimum Gasteiger partial charge on any atom is -0.508 e. The molecule has 2 rings (SSSR count). The van der Waals surface area contributed by atoms with Gasteiger partial charge < -0.3 is 15.3 Å². The summed E-state index contributed by atoms with van der Waals surface area (Å²) in [7, 11) is 1.71. The molecule has 0 saturated heterocycles. The molecule has 0 aliphatic rings. The molecule has 2 amide bonds. The van der Waals surface area contributed by atoms with Gasteiger partial charge in [-0.1, -0.05) is 12.1 Å². The van der Waals surface area contributed by atoms with Crippen LogP contribution in [-0.4, -0.2) is 33.3 Å². The molecule has 6 nitrogen and oxygen atoms in total. The average molecular weight is 353 g/mol. The van der Waals surface area contributed by atoms with Crippen molar-refractivity contribution < 1.29 is 9.90 Å². The molecule has 7 heteroatoms. The highest BCUT2D eigenvalue weighted by Crippen LogP contribution is 2.22. The summed E-state index contributed by atoms with van der Waals surface area (Å²) < 4.78 is 0.825. The second kappa shape index (κ2) is 6.62. The summed E-state index contributed by atoms with van der Waals surface area (Å²) in [5.41, 5.74) is 1.68. The fraction of sp³-hybridized carbons (Fsp3) is 0.286. The zero-order chi connectivity index (χ0) is 15.4. The highest BCUT2D eigenvalue weighted by atomic mass is 79.9. The molecule has 0 saturated carbocycles. The molecule has 1 aromatic carbocycles. The molecular formula is C14H17BrN4O2. The van der Waals surface area contributed by atoms with E-state index in [2.05, 4.69) is 31.4 Å². The van der Waals surface area contributed by atoms with Gasteiger partial charge in [-0.3, -0.25) is 5.10 Å². The number of urea groups is 1. The van der Waals surface area contributed by atoms with Crippen LogP contribution in [0.3, 0.4) is 0 Å². The number of aromatic amines is 1. The Morgan fingerprint density at radius 3 is 2.95 bits per heavy atom. The Labute approximate surface area is 131 Å². The number of hydrogen-bond acceptors (Lipinski definition) is 3. The maximum absolute atomic E-state index is 12.2. The fourth-order valence-electron chi connectivity index (χ4n) is 1.90. The van der Waals surface area contributed by atoms with Crippen LogP contribution in [0.25, 0.3) is 0 Å². The first-order valence-electron chi connectivity index (χ1n) is 6.46. The number of carbonyl (C=O) groups is 1. The van der Waals surface area contributed by atoms with Gasteiger partial charge >= 0.3 is 6.03 Å². The summed E-state index contributed by atoms with van der Waals surface area (Å²) in [6.45, 7) is 2.26. The van der Waals surface area contributed by atoms with Crippen molar-refractivity contribution in [3.05, 3.63) is 46.2 Å². The van der Waals surface area contributed by atoms with Gasteiger partial charge in [-0.15, -0.1) is 0 Å². The van der Waals surface area contributed by atoms with Crippen molar-refractivity contribution in [3.63, 3.8) is 0 Å². The minimum atomic E-state index is -0.202. The number of carbonyl (C=O) groups excluding carboxylic acids is 1. The van der Waals surface area contributed by atoms with E-state index in [4.69, 9.17) is 0 Å². The lowest BCUT2D eigenvalue weighted by Crippen LogP contribution is -2.38. The Kier molecular flexibility index (Phi) is 4.85. The SMILES string of the molecule is CC(c1cccc(O)c1)N(C)C(=O)NCc1[nH]ncc1Br.